The van der Waals surface area contributed by atoms with Crippen LogP contribution in [0, 0.1) is 6.92 Å². The van der Waals surface area contributed by atoms with Crippen molar-refractivity contribution in [2.24, 2.45) is 0 Å². The average molecular weight is 275 g/mol. The highest BCUT2D eigenvalue weighted by Crippen LogP contribution is 2.24. The van der Waals surface area contributed by atoms with Gasteiger partial charge in [0, 0.05) is 10.0 Å². The molecule has 2 rings (SSSR count). The van der Waals surface area contributed by atoms with Crippen molar-refractivity contribution >= 4 is 22.2 Å². The third kappa shape index (κ3) is 2.22. The monoisotopic (exact) mass is 274 g/mol. The molecule has 0 amide bonds. The first kappa shape index (κ1) is 11.1. The molecular formula is C14H11BrO. The quantitative estimate of drug-likeness (QED) is 0.749. The molecule has 0 radical (unpaired) electrons. The second-order valence-corrected chi connectivity index (χ2v) is 4.62. The number of hydrogen-bond donors (Lipinski definition) is 0. The minimum atomic E-state index is 0.748. The summed E-state index contributed by atoms with van der Waals surface area (Å²) in [5.41, 5.74) is 3.93. The molecule has 0 fully saturated rings. The summed E-state index contributed by atoms with van der Waals surface area (Å²) < 4.78 is 1.04. The van der Waals surface area contributed by atoms with Gasteiger partial charge < -0.3 is 0 Å². The van der Waals surface area contributed by atoms with Gasteiger partial charge in [0.1, 0.15) is 6.29 Å². The highest BCUT2D eigenvalue weighted by Gasteiger charge is 2.02. The second kappa shape index (κ2) is 4.62. The van der Waals surface area contributed by atoms with Gasteiger partial charge in [0.15, 0.2) is 0 Å². The largest absolute Gasteiger partial charge is 0.298 e. The van der Waals surface area contributed by atoms with Crippen molar-refractivity contribution < 1.29 is 4.79 Å². The lowest BCUT2D eigenvalue weighted by molar-refractivity contribution is 0.112. The van der Waals surface area contributed by atoms with E-state index in [0.717, 1.165) is 33.0 Å². The van der Waals surface area contributed by atoms with Crippen molar-refractivity contribution in [2.45, 2.75) is 6.92 Å². The third-order valence-corrected chi connectivity index (χ3v) is 3.06. The molecule has 16 heavy (non-hydrogen) atoms. The van der Waals surface area contributed by atoms with E-state index in [9.17, 15) is 4.79 Å². The summed E-state index contributed by atoms with van der Waals surface area (Å²) in [6.45, 7) is 1.94. The molecule has 0 saturated heterocycles. The van der Waals surface area contributed by atoms with E-state index in [0.29, 0.717) is 0 Å². The van der Waals surface area contributed by atoms with Crippen molar-refractivity contribution in [1.82, 2.24) is 0 Å². The molecule has 80 valence electrons. The van der Waals surface area contributed by atoms with E-state index < -0.39 is 0 Å². The summed E-state index contributed by atoms with van der Waals surface area (Å²) in [7, 11) is 0. The summed E-state index contributed by atoms with van der Waals surface area (Å²) in [5, 5.41) is 0. The summed E-state index contributed by atoms with van der Waals surface area (Å²) >= 11 is 3.44. The maximum atomic E-state index is 10.9. The van der Waals surface area contributed by atoms with Crippen molar-refractivity contribution in [3.05, 3.63) is 58.1 Å². The fourth-order valence-electron chi connectivity index (χ4n) is 1.62. The Balaban J connectivity index is 2.52. The zero-order chi connectivity index (χ0) is 11.5. The summed E-state index contributed by atoms with van der Waals surface area (Å²) in [6.07, 6.45) is 0.900. The van der Waals surface area contributed by atoms with E-state index in [1.807, 2.05) is 49.4 Å². The van der Waals surface area contributed by atoms with Crippen LogP contribution >= 0.6 is 15.9 Å². The Morgan fingerprint density at radius 2 is 1.81 bits per heavy atom. The van der Waals surface area contributed by atoms with Crippen LogP contribution in [-0.2, 0) is 0 Å². The molecule has 0 aliphatic heterocycles. The van der Waals surface area contributed by atoms with E-state index in [2.05, 4.69) is 15.9 Å². The summed E-state index contributed by atoms with van der Waals surface area (Å²) in [5.74, 6) is 0. The van der Waals surface area contributed by atoms with Crippen LogP contribution in [0.3, 0.4) is 0 Å². The van der Waals surface area contributed by atoms with Gasteiger partial charge in [-0.3, -0.25) is 4.79 Å². The highest BCUT2D eigenvalue weighted by atomic mass is 79.9. The van der Waals surface area contributed by atoms with Crippen LogP contribution in [0.5, 0.6) is 0 Å². The zero-order valence-electron chi connectivity index (χ0n) is 8.91. The Bertz CT molecular complexity index is 532. The topological polar surface area (TPSA) is 17.1 Å². The number of aryl methyl sites for hydroxylation is 1. The fraction of sp³-hybridized carbons (Fsp3) is 0.0714. The lowest BCUT2D eigenvalue weighted by Gasteiger charge is -2.05. The molecule has 0 aromatic heterocycles. The number of halogens is 1. The third-order valence-electron chi connectivity index (χ3n) is 2.56. The van der Waals surface area contributed by atoms with Crippen LogP contribution in [0.2, 0.25) is 0 Å². The first-order valence-corrected chi connectivity index (χ1v) is 5.82. The van der Waals surface area contributed by atoms with Crippen LogP contribution in [-0.4, -0.2) is 6.29 Å². The summed E-state index contributed by atoms with van der Waals surface area (Å²) in [6, 6.07) is 14.0. The maximum Gasteiger partial charge on any atom is 0.150 e. The molecule has 0 atom stereocenters. The highest BCUT2D eigenvalue weighted by molar-refractivity contribution is 9.10. The van der Waals surface area contributed by atoms with Crippen molar-refractivity contribution in [3.8, 4) is 11.1 Å². The van der Waals surface area contributed by atoms with Gasteiger partial charge in [0.2, 0.25) is 0 Å². The number of benzene rings is 2. The molecule has 2 aromatic rings. The number of carbonyl (C=O) groups excluding carboxylic acids is 1. The minimum Gasteiger partial charge on any atom is -0.298 e. The van der Waals surface area contributed by atoms with Crippen LogP contribution < -0.4 is 0 Å². The van der Waals surface area contributed by atoms with Gasteiger partial charge in [0.05, 0.1) is 0 Å². The molecule has 0 saturated carbocycles. The second-order valence-electron chi connectivity index (χ2n) is 3.70. The van der Waals surface area contributed by atoms with E-state index in [4.69, 9.17) is 0 Å². The Morgan fingerprint density at radius 3 is 2.50 bits per heavy atom. The Morgan fingerprint density at radius 1 is 1.06 bits per heavy atom. The molecule has 0 unspecified atom stereocenters. The van der Waals surface area contributed by atoms with Gasteiger partial charge in [-0.15, -0.1) is 0 Å². The zero-order valence-corrected chi connectivity index (χ0v) is 10.5. The molecule has 0 bridgehead atoms. The van der Waals surface area contributed by atoms with Gasteiger partial charge in [-0.05, 0) is 41.8 Å². The smallest absolute Gasteiger partial charge is 0.150 e. The van der Waals surface area contributed by atoms with Gasteiger partial charge in [-0.1, -0.05) is 40.2 Å². The molecule has 0 spiro atoms. The number of hydrogen-bond acceptors (Lipinski definition) is 1. The predicted octanol–water partition coefficient (Wildman–Crippen LogP) is 4.24. The van der Waals surface area contributed by atoms with Gasteiger partial charge in [-0.2, -0.15) is 0 Å². The van der Waals surface area contributed by atoms with E-state index in [1.54, 1.807) is 0 Å². The first-order valence-electron chi connectivity index (χ1n) is 5.02. The van der Waals surface area contributed by atoms with Crippen molar-refractivity contribution in [1.29, 1.82) is 0 Å². The van der Waals surface area contributed by atoms with E-state index >= 15 is 0 Å². The minimum absolute atomic E-state index is 0.748. The SMILES string of the molecule is Cc1ccc(-c2cccc(Br)c2)cc1C=O. The number of carbonyl (C=O) groups is 1. The molecule has 0 aliphatic rings. The van der Waals surface area contributed by atoms with Crippen LogP contribution in [0.25, 0.3) is 11.1 Å². The Labute approximate surface area is 103 Å². The number of rotatable bonds is 2. The molecule has 1 nitrogen and oxygen atoms in total. The Kier molecular flexibility index (Phi) is 3.20. The van der Waals surface area contributed by atoms with Crippen molar-refractivity contribution in [3.63, 3.8) is 0 Å². The van der Waals surface area contributed by atoms with Crippen LogP contribution in [0.1, 0.15) is 15.9 Å². The maximum absolute atomic E-state index is 10.9. The Hall–Kier alpha value is -1.41. The predicted molar refractivity (Wildman–Crippen MR) is 69.7 cm³/mol. The van der Waals surface area contributed by atoms with E-state index in [-0.39, 0.29) is 0 Å². The molecule has 0 heterocycles. The number of aldehydes is 1. The van der Waals surface area contributed by atoms with Crippen LogP contribution in [0.4, 0.5) is 0 Å². The normalized spacial score (nSPS) is 10.1. The van der Waals surface area contributed by atoms with Gasteiger partial charge in [0.25, 0.3) is 0 Å². The molecule has 2 heteroatoms. The molecule has 2 aromatic carbocycles. The standard InChI is InChI=1S/C14H11BrO/c1-10-5-6-12(7-13(10)9-16)11-3-2-4-14(15)8-11/h2-9H,1H3. The summed E-state index contributed by atoms with van der Waals surface area (Å²) in [4.78, 5) is 10.9. The van der Waals surface area contributed by atoms with Crippen LogP contribution in [0.15, 0.2) is 46.9 Å². The molecule has 0 aliphatic carbocycles. The lowest BCUT2D eigenvalue weighted by atomic mass is 10.0. The molecular weight excluding hydrogens is 264 g/mol. The van der Waals surface area contributed by atoms with Gasteiger partial charge >= 0.3 is 0 Å². The average Bonchev–Trinajstić information content (AvgIpc) is 2.29. The fourth-order valence-corrected chi connectivity index (χ4v) is 2.01. The van der Waals surface area contributed by atoms with Gasteiger partial charge in [-0.25, -0.2) is 0 Å². The van der Waals surface area contributed by atoms with E-state index in [1.165, 1.54) is 0 Å². The first-order chi connectivity index (χ1) is 7.70. The van der Waals surface area contributed by atoms with Crippen molar-refractivity contribution in [2.75, 3.05) is 0 Å². The lowest BCUT2D eigenvalue weighted by Crippen LogP contribution is -1.87. The molecule has 0 N–H and O–H groups in total.